The molecule has 23 heavy (non-hydrogen) atoms. The summed E-state index contributed by atoms with van der Waals surface area (Å²) in [5.74, 6) is -0.870. The number of aryl methyl sites for hydroxylation is 1. The van der Waals surface area contributed by atoms with Crippen LogP contribution in [0.4, 0.5) is 0 Å². The van der Waals surface area contributed by atoms with Gasteiger partial charge in [-0.2, -0.15) is 0 Å². The number of fused-ring (bicyclic) bond motifs is 1. The van der Waals surface area contributed by atoms with Crippen LogP contribution in [0.5, 0.6) is 0 Å². The van der Waals surface area contributed by atoms with E-state index in [0.717, 1.165) is 32.5 Å². The number of hydrogen-bond acceptors (Lipinski definition) is 2. The molecule has 0 aliphatic carbocycles. The van der Waals surface area contributed by atoms with E-state index in [2.05, 4.69) is 39.9 Å². The summed E-state index contributed by atoms with van der Waals surface area (Å²) in [5.41, 5.74) is 5.81. The highest BCUT2D eigenvalue weighted by Gasteiger charge is 2.18. The number of hydrogen-bond donors (Lipinski definition) is 1. The minimum atomic E-state index is -0.870. The summed E-state index contributed by atoms with van der Waals surface area (Å²) in [6, 6.07) is 11.6. The van der Waals surface area contributed by atoms with Gasteiger partial charge in [-0.05, 0) is 66.3 Å². The van der Waals surface area contributed by atoms with E-state index in [1.54, 1.807) is 12.1 Å². The van der Waals surface area contributed by atoms with Crippen LogP contribution in [0.2, 0.25) is 0 Å². The molecule has 3 rings (SSSR count). The van der Waals surface area contributed by atoms with Gasteiger partial charge in [0, 0.05) is 24.1 Å². The van der Waals surface area contributed by atoms with Crippen LogP contribution in [-0.4, -0.2) is 29.1 Å². The molecule has 2 aromatic carbocycles. The van der Waals surface area contributed by atoms with Crippen LogP contribution in [0.3, 0.4) is 0 Å². The van der Waals surface area contributed by atoms with Crippen molar-refractivity contribution in [3.63, 3.8) is 0 Å². The van der Waals surface area contributed by atoms with Crippen LogP contribution in [0.15, 0.2) is 40.9 Å². The van der Waals surface area contributed by atoms with Crippen LogP contribution >= 0.6 is 15.9 Å². The Labute approximate surface area is 145 Å². The van der Waals surface area contributed by atoms with Crippen molar-refractivity contribution >= 4 is 21.9 Å². The molecule has 0 aromatic heterocycles. The predicted molar refractivity (Wildman–Crippen MR) is 95.0 cm³/mol. The number of nitrogens with zero attached hydrogens (tertiary/aromatic N) is 1. The van der Waals surface area contributed by atoms with Crippen molar-refractivity contribution < 1.29 is 9.90 Å². The zero-order valence-electron chi connectivity index (χ0n) is 13.2. The summed E-state index contributed by atoms with van der Waals surface area (Å²) in [6.45, 7) is 5.26. The highest BCUT2D eigenvalue weighted by molar-refractivity contribution is 9.10. The van der Waals surface area contributed by atoms with E-state index in [0.29, 0.717) is 5.56 Å². The van der Waals surface area contributed by atoms with E-state index in [-0.39, 0.29) is 0 Å². The van der Waals surface area contributed by atoms with Gasteiger partial charge in [0.1, 0.15) is 0 Å². The molecule has 0 atom stereocenters. The van der Waals surface area contributed by atoms with Gasteiger partial charge in [-0.1, -0.05) is 28.1 Å². The molecule has 1 N–H and O–H groups in total. The van der Waals surface area contributed by atoms with E-state index in [4.69, 9.17) is 5.11 Å². The molecule has 0 spiro atoms. The lowest BCUT2D eigenvalue weighted by molar-refractivity contribution is 0.0697. The SMILES string of the molecule is Cc1cc(Br)cc2c1CN(CCc1ccc(C(=O)O)cc1)CC2. The van der Waals surface area contributed by atoms with E-state index in [1.807, 2.05) is 12.1 Å². The molecule has 3 nitrogen and oxygen atoms in total. The quantitative estimate of drug-likeness (QED) is 0.878. The van der Waals surface area contributed by atoms with Crippen molar-refractivity contribution in [3.8, 4) is 0 Å². The Balaban J connectivity index is 1.62. The molecule has 1 aliphatic rings. The minimum Gasteiger partial charge on any atom is -0.478 e. The summed E-state index contributed by atoms with van der Waals surface area (Å²) in [6.07, 6.45) is 2.04. The smallest absolute Gasteiger partial charge is 0.335 e. The lowest BCUT2D eigenvalue weighted by atomic mass is 9.95. The number of carboxylic acid groups (broad SMARTS) is 1. The fraction of sp³-hybridized carbons (Fsp3) is 0.316. The monoisotopic (exact) mass is 373 g/mol. The van der Waals surface area contributed by atoms with Gasteiger partial charge in [-0.3, -0.25) is 4.90 Å². The highest BCUT2D eigenvalue weighted by atomic mass is 79.9. The second-order valence-electron chi connectivity index (χ2n) is 6.14. The van der Waals surface area contributed by atoms with Gasteiger partial charge in [0.05, 0.1) is 5.56 Å². The van der Waals surface area contributed by atoms with Crippen molar-refractivity contribution in [2.24, 2.45) is 0 Å². The second-order valence-corrected chi connectivity index (χ2v) is 7.05. The molecule has 4 heteroatoms. The molecule has 1 aliphatic heterocycles. The summed E-state index contributed by atoms with van der Waals surface area (Å²) >= 11 is 3.58. The Morgan fingerprint density at radius 2 is 2.00 bits per heavy atom. The van der Waals surface area contributed by atoms with E-state index < -0.39 is 5.97 Å². The lowest BCUT2D eigenvalue weighted by Crippen LogP contribution is -2.32. The van der Waals surface area contributed by atoms with Gasteiger partial charge in [0.25, 0.3) is 0 Å². The number of aromatic carboxylic acids is 1. The third-order valence-corrected chi connectivity index (χ3v) is 4.98. The minimum absolute atomic E-state index is 0.349. The Hall–Kier alpha value is -1.65. The number of carboxylic acids is 1. The Kier molecular flexibility index (Phi) is 4.83. The van der Waals surface area contributed by atoms with Crippen molar-refractivity contribution in [3.05, 3.63) is 68.7 Å². The molecule has 2 aromatic rings. The van der Waals surface area contributed by atoms with Crippen LogP contribution in [0.1, 0.15) is 32.6 Å². The maximum atomic E-state index is 10.9. The Morgan fingerprint density at radius 1 is 1.26 bits per heavy atom. The van der Waals surface area contributed by atoms with E-state index >= 15 is 0 Å². The molecule has 0 amide bonds. The molecule has 0 radical (unpaired) electrons. The van der Waals surface area contributed by atoms with Crippen molar-refractivity contribution in [1.82, 2.24) is 4.90 Å². The van der Waals surface area contributed by atoms with Crippen LogP contribution in [0.25, 0.3) is 0 Å². The molecule has 0 bridgehead atoms. The zero-order valence-corrected chi connectivity index (χ0v) is 14.8. The fourth-order valence-corrected chi connectivity index (χ4v) is 3.78. The van der Waals surface area contributed by atoms with E-state index in [9.17, 15) is 4.79 Å². The molecular weight excluding hydrogens is 354 g/mol. The number of halogens is 1. The van der Waals surface area contributed by atoms with Crippen molar-refractivity contribution in [1.29, 1.82) is 0 Å². The normalized spacial score (nSPS) is 14.5. The Morgan fingerprint density at radius 3 is 2.70 bits per heavy atom. The molecule has 0 fully saturated rings. The van der Waals surface area contributed by atoms with Gasteiger partial charge < -0.3 is 5.11 Å². The topological polar surface area (TPSA) is 40.5 Å². The van der Waals surface area contributed by atoms with Crippen LogP contribution in [-0.2, 0) is 19.4 Å². The maximum Gasteiger partial charge on any atom is 0.335 e. The van der Waals surface area contributed by atoms with Gasteiger partial charge in [0.2, 0.25) is 0 Å². The largest absolute Gasteiger partial charge is 0.478 e. The average Bonchev–Trinajstić information content (AvgIpc) is 2.53. The molecule has 120 valence electrons. The fourth-order valence-electron chi connectivity index (χ4n) is 3.17. The number of carbonyl (C=O) groups is 1. The summed E-state index contributed by atoms with van der Waals surface area (Å²) in [7, 11) is 0. The average molecular weight is 374 g/mol. The van der Waals surface area contributed by atoms with Gasteiger partial charge >= 0.3 is 5.97 Å². The van der Waals surface area contributed by atoms with Crippen molar-refractivity contribution in [2.45, 2.75) is 26.3 Å². The molecule has 0 saturated carbocycles. The standard InChI is InChI=1S/C19H20BrNO2/c1-13-10-17(20)11-16-7-9-21(12-18(13)16)8-6-14-2-4-15(5-3-14)19(22)23/h2-5,10-11H,6-9,12H2,1H3,(H,22,23). The number of benzene rings is 2. The second kappa shape index (κ2) is 6.85. The lowest BCUT2D eigenvalue weighted by Gasteiger charge is -2.30. The first-order valence-corrected chi connectivity index (χ1v) is 8.65. The first-order chi connectivity index (χ1) is 11.0. The molecular formula is C19H20BrNO2. The van der Waals surface area contributed by atoms with Gasteiger partial charge in [-0.15, -0.1) is 0 Å². The van der Waals surface area contributed by atoms with Gasteiger partial charge in [0.15, 0.2) is 0 Å². The van der Waals surface area contributed by atoms with Crippen LogP contribution in [0, 0.1) is 6.92 Å². The summed E-state index contributed by atoms with van der Waals surface area (Å²) < 4.78 is 1.17. The molecule has 0 unspecified atom stereocenters. The van der Waals surface area contributed by atoms with Crippen molar-refractivity contribution in [2.75, 3.05) is 13.1 Å². The first-order valence-electron chi connectivity index (χ1n) is 7.85. The molecule has 0 saturated heterocycles. The maximum absolute atomic E-state index is 10.9. The van der Waals surface area contributed by atoms with Gasteiger partial charge in [-0.25, -0.2) is 4.79 Å². The number of rotatable bonds is 4. The highest BCUT2D eigenvalue weighted by Crippen LogP contribution is 2.26. The van der Waals surface area contributed by atoms with Crippen LogP contribution < -0.4 is 0 Å². The first kappa shape index (κ1) is 16.2. The Bertz CT molecular complexity index is 725. The third-order valence-electron chi connectivity index (χ3n) is 4.53. The summed E-state index contributed by atoms with van der Waals surface area (Å²) in [4.78, 5) is 13.4. The molecule has 1 heterocycles. The summed E-state index contributed by atoms with van der Waals surface area (Å²) in [5, 5.41) is 8.94. The zero-order chi connectivity index (χ0) is 16.4. The predicted octanol–water partition coefficient (Wildman–Crippen LogP) is 4.06. The third kappa shape index (κ3) is 3.82. The van der Waals surface area contributed by atoms with E-state index in [1.165, 1.54) is 26.7 Å².